The number of aryl methyl sites for hydroxylation is 2. The Bertz CT molecular complexity index is 692. The second kappa shape index (κ2) is 7.12. The Morgan fingerprint density at radius 1 is 1.50 bits per heavy atom. The van der Waals surface area contributed by atoms with Gasteiger partial charge in [-0.15, -0.1) is 0 Å². The van der Waals surface area contributed by atoms with Gasteiger partial charge in [0.05, 0.1) is 19.3 Å². The van der Waals surface area contributed by atoms with E-state index in [0.717, 1.165) is 11.4 Å². The highest BCUT2D eigenvalue weighted by molar-refractivity contribution is 5.76. The van der Waals surface area contributed by atoms with Crippen molar-refractivity contribution >= 4 is 5.91 Å². The smallest absolute Gasteiger partial charge is 0.224 e. The molecule has 8 heteroatoms. The van der Waals surface area contributed by atoms with Crippen molar-refractivity contribution in [3.05, 3.63) is 29.6 Å². The van der Waals surface area contributed by atoms with Gasteiger partial charge >= 0.3 is 0 Å². The number of carbonyl (C=O) groups excluding carboxylic acids is 1. The van der Waals surface area contributed by atoms with Crippen LogP contribution < -0.4 is 0 Å². The van der Waals surface area contributed by atoms with Gasteiger partial charge in [-0.05, 0) is 12.5 Å². The molecule has 2 aromatic rings. The monoisotopic (exact) mass is 332 g/mol. The van der Waals surface area contributed by atoms with E-state index in [1.54, 1.807) is 10.9 Å². The number of aromatic nitrogens is 5. The lowest BCUT2D eigenvalue weighted by molar-refractivity contribution is -0.139. The van der Waals surface area contributed by atoms with E-state index in [0.29, 0.717) is 38.5 Å². The molecule has 1 aliphatic rings. The van der Waals surface area contributed by atoms with Crippen LogP contribution in [0.1, 0.15) is 49.5 Å². The summed E-state index contributed by atoms with van der Waals surface area (Å²) < 4.78 is 7.56. The van der Waals surface area contributed by atoms with Gasteiger partial charge in [-0.3, -0.25) is 14.6 Å². The summed E-state index contributed by atoms with van der Waals surface area (Å²) in [5.74, 6) is 1.83. The molecule has 130 valence electrons. The van der Waals surface area contributed by atoms with Gasteiger partial charge in [0.1, 0.15) is 6.10 Å². The Hall–Kier alpha value is -2.22. The lowest BCUT2D eigenvalue weighted by Crippen LogP contribution is -2.42. The predicted octanol–water partition coefficient (Wildman–Crippen LogP) is 1.42. The van der Waals surface area contributed by atoms with Crippen LogP contribution in [0.25, 0.3) is 0 Å². The Morgan fingerprint density at radius 2 is 2.33 bits per heavy atom. The number of aromatic amines is 1. The topological polar surface area (TPSA) is 88.9 Å². The summed E-state index contributed by atoms with van der Waals surface area (Å²) in [4.78, 5) is 18.8. The second-order valence-electron chi connectivity index (χ2n) is 6.46. The number of carbonyl (C=O) groups is 1. The van der Waals surface area contributed by atoms with E-state index in [9.17, 15) is 4.79 Å². The van der Waals surface area contributed by atoms with Crippen LogP contribution in [0.15, 0.2) is 12.4 Å². The van der Waals surface area contributed by atoms with Gasteiger partial charge in [-0.1, -0.05) is 13.8 Å². The molecule has 2 aromatic heterocycles. The molecule has 0 unspecified atom stereocenters. The van der Waals surface area contributed by atoms with Crippen LogP contribution in [-0.4, -0.2) is 55.5 Å². The molecule has 0 aromatic carbocycles. The summed E-state index contributed by atoms with van der Waals surface area (Å²) in [6.45, 7) is 8.29. The Balaban J connectivity index is 1.56. The van der Waals surface area contributed by atoms with Gasteiger partial charge < -0.3 is 9.64 Å². The Morgan fingerprint density at radius 3 is 3.00 bits per heavy atom. The maximum Gasteiger partial charge on any atom is 0.224 e. The number of hydrogen-bond acceptors (Lipinski definition) is 5. The van der Waals surface area contributed by atoms with Crippen molar-refractivity contribution in [1.29, 1.82) is 0 Å². The van der Waals surface area contributed by atoms with Crippen LogP contribution >= 0.6 is 0 Å². The molecule has 1 atom stereocenters. The van der Waals surface area contributed by atoms with Gasteiger partial charge in [0.25, 0.3) is 0 Å². The number of hydrogen-bond donors (Lipinski definition) is 1. The molecule has 24 heavy (non-hydrogen) atoms. The fourth-order valence-corrected chi connectivity index (χ4v) is 2.69. The van der Waals surface area contributed by atoms with E-state index >= 15 is 0 Å². The molecule has 1 N–H and O–H groups in total. The van der Waals surface area contributed by atoms with Gasteiger partial charge in [0, 0.05) is 31.6 Å². The van der Waals surface area contributed by atoms with Gasteiger partial charge in [0.2, 0.25) is 5.91 Å². The van der Waals surface area contributed by atoms with Crippen molar-refractivity contribution in [2.24, 2.45) is 0 Å². The van der Waals surface area contributed by atoms with Crippen LogP contribution in [0.5, 0.6) is 0 Å². The molecule has 0 bridgehead atoms. The first kappa shape index (κ1) is 16.6. The summed E-state index contributed by atoms with van der Waals surface area (Å²) in [5, 5.41) is 11.4. The third-order valence-electron chi connectivity index (χ3n) is 4.08. The maximum absolute atomic E-state index is 12.5. The minimum Gasteiger partial charge on any atom is -0.367 e. The van der Waals surface area contributed by atoms with Crippen molar-refractivity contribution in [3.8, 4) is 0 Å². The summed E-state index contributed by atoms with van der Waals surface area (Å²) in [6.07, 6.45) is 3.93. The predicted molar refractivity (Wildman–Crippen MR) is 87.3 cm³/mol. The first-order valence-electron chi connectivity index (χ1n) is 8.33. The van der Waals surface area contributed by atoms with Gasteiger partial charge in [-0.25, -0.2) is 4.98 Å². The fraction of sp³-hybridized carbons (Fsp3) is 0.625. The molecule has 1 aliphatic heterocycles. The van der Waals surface area contributed by atoms with E-state index in [1.165, 1.54) is 0 Å². The van der Waals surface area contributed by atoms with Crippen LogP contribution in [0.2, 0.25) is 0 Å². The highest BCUT2D eigenvalue weighted by Crippen LogP contribution is 2.21. The third kappa shape index (κ3) is 3.81. The number of ether oxygens (including phenoxy) is 1. The average molecular weight is 332 g/mol. The standard InChI is InChI=1S/C16H24N6O2/c1-11(2)15-18-16(20-19-15)13-10-21(6-7-24-13)14(23)4-5-22-9-12(3)8-17-22/h8-9,11,13H,4-7,10H2,1-3H3,(H,18,19,20)/t13-/m0/s1. The molecular weight excluding hydrogens is 308 g/mol. The molecule has 0 radical (unpaired) electrons. The quantitative estimate of drug-likeness (QED) is 0.894. The molecule has 3 rings (SSSR count). The number of H-pyrrole nitrogens is 1. The van der Waals surface area contributed by atoms with Crippen molar-refractivity contribution in [1.82, 2.24) is 29.9 Å². The van der Waals surface area contributed by atoms with E-state index in [4.69, 9.17) is 4.74 Å². The van der Waals surface area contributed by atoms with E-state index < -0.39 is 0 Å². The number of nitrogens with one attached hydrogen (secondary N) is 1. The Kier molecular flexibility index (Phi) is 4.94. The molecule has 1 fully saturated rings. The van der Waals surface area contributed by atoms with E-state index in [2.05, 4.69) is 20.3 Å². The fourth-order valence-electron chi connectivity index (χ4n) is 2.69. The van der Waals surface area contributed by atoms with Crippen molar-refractivity contribution in [2.75, 3.05) is 19.7 Å². The highest BCUT2D eigenvalue weighted by Gasteiger charge is 2.27. The van der Waals surface area contributed by atoms with Crippen molar-refractivity contribution < 1.29 is 9.53 Å². The summed E-state index contributed by atoms with van der Waals surface area (Å²) in [7, 11) is 0. The van der Waals surface area contributed by atoms with Crippen LogP contribution in [0.3, 0.4) is 0 Å². The first-order valence-corrected chi connectivity index (χ1v) is 8.33. The zero-order valence-electron chi connectivity index (χ0n) is 14.4. The molecule has 0 spiro atoms. The zero-order valence-corrected chi connectivity index (χ0v) is 14.4. The van der Waals surface area contributed by atoms with E-state index in [1.807, 2.05) is 31.9 Å². The summed E-state index contributed by atoms with van der Waals surface area (Å²) in [6, 6.07) is 0. The van der Waals surface area contributed by atoms with Crippen LogP contribution in [-0.2, 0) is 16.1 Å². The number of nitrogens with zero attached hydrogens (tertiary/aromatic N) is 5. The van der Waals surface area contributed by atoms with Gasteiger partial charge in [0.15, 0.2) is 11.6 Å². The average Bonchev–Trinajstić information content (AvgIpc) is 3.22. The highest BCUT2D eigenvalue weighted by atomic mass is 16.5. The Labute approximate surface area is 141 Å². The SMILES string of the molecule is Cc1cnn(CCC(=O)N2CCO[C@H](c3nc(C(C)C)n[nH]3)C2)c1. The van der Waals surface area contributed by atoms with Crippen molar-refractivity contribution in [2.45, 2.75) is 45.8 Å². The lowest BCUT2D eigenvalue weighted by Gasteiger charge is -2.32. The van der Waals surface area contributed by atoms with Crippen LogP contribution in [0, 0.1) is 6.92 Å². The molecule has 0 saturated carbocycles. The second-order valence-corrected chi connectivity index (χ2v) is 6.46. The molecule has 3 heterocycles. The summed E-state index contributed by atoms with van der Waals surface area (Å²) in [5.41, 5.74) is 1.10. The molecule has 1 amide bonds. The minimum absolute atomic E-state index is 0.111. The molecular formula is C16H24N6O2. The number of morpholine rings is 1. The number of rotatable bonds is 5. The third-order valence-corrected chi connectivity index (χ3v) is 4.08. The first-order chi connectivity index (χ1) is 11.5. The maximum atomic E-state index is 12.5. The van der Waals surface area contributed by atoms with Crippen LogP contribution in [0.4, 0.5) is 0 Å². The molecule has 1 saturated heterocycles. The molecule has 8 nitrogen and oxygen atoms in total. The largest absolute Gasteiger partial charge is 0.367 e. The zero-order chi connectivity index (χ0) is 17.1. The lowest BCUT2D eigenvalue weighted by atomic mass is 10.2. The van der Waals surface area contributed by atoms with E-state index in [-0.39, 0.29) is 17.9 Å². The van der Waals surface area contributed by atoms with Crippen molar-refractivity contribution in [3.63, 3.8) is 0 Å². The minimum atomic E-state index is -0.241. The normalized spacial score (nSPS) is 18.3. The summed E-state index contributed by atoms with van der Waals surface area (Å²) >= 11 is 0. The molecule has 0 aliphatic carbocycles. The number of amides is 1. The van der Waals surface area contributed by atoms with Gasteiger partial charge in [-0.2, -0.15) is 10.2 Å².